The van der Waals surface area contributed by atoms with Gasteiger partial charge in [-0.25, -0.2) is 0 Å². The number of aromatic nitrogens is 2. The average molecular weight is 316 g/mol. The number of hydrogen-bond acceptors (Lipinski definition) is 4. The van der Waals surface area contributed by atoms with Crippen LogP contribution in [0.5, 0.6) is 5.75 Å². The first-order chi connectivity index (χ1) is 10.9. The summed E-state index contributed by atoms with van der Waals surface area (Å²) in [5.41, 5.74) is 0.760. The largest absolute Gasteiger partial charge is 0.495 e. The summed E-state index contributed by atoms with van der Waals surface area (Å²) < 4.78 is 6.65. The van der Waals surface area contributed by atoms with E-state index in [2.05, 4.69) is 15.7 Å². The van der Waals surface area contributed by atoms with E-state index in [9.17, 15) is 9.59 Å². The van der Waals surface area contributed by atoms with Crippen LogP contribution in [-0.2, 0) is 11.8 Å². The lowest BCUT2D eigenvalue weighted by molar-refractivity contribution is -0.118. The number of carbonyl (C=O) groups is 2. The maximum Gasteiger partial charge on any atom is 0.276 e. The van der Waals surface area contributed by atoms with Crippen molar-refractivity contribution >= 4 is 23.3 Å². The quantitative estimate of drug-likeness (QED) is 0.886. The Hall–Kier alpha value is -2.83. The fourth-order valence-electron chi connectivity index (χ4n) is 1.90. The molecule has 1 aromatic heterocycles. The van der Waals surface area contributed by atoms with Crippen LogP contribution in [0.1, 0.15) is 24.3 Å². The van der Waals surface area contributed by atoms with Crippen molar-refractivity contribution in [3.8, 4) is 5.75 Å². The van der Waals surface area contributed by atoms with E-state index in [1.165, 1.54) is 17.9 Å². The summed E-state index contributed by atoms with van der Waals surface area (Å²) in [4.78, 5) is 24.1. The second kappa shape index (κ2) is 6.95. The molecule has 0 atom stereocenters. The van der Waals surface area contributed by atoms with Gasteiger partial charge in [0.05, 0.1) is 12.8 Å². The van der Waals surface area contributed by atoms with Crippen LogP contribution in [0.2, 0.25) is 0 Å². The minimum absolute atomic E-state index is 0.135. The van der Waals surface area contributed by atoms with Gasteiger partial charge in [0.25, 0.3) is 5.91 Å². The average Bonchev–Trinajstić information content (AvgIpc) is 2.89. The molecule has 2 amide bonds. The standard InChI is InChI=1S/C16H20N4O3/c1-10(2)15(21)18-14-9-12(19-20(14)3)16(22)17-11-7-5-6-8-13(11)23-4/h5-10H,1-4H3,(H,17,22)(H,18,21). The first kappa shape index (κ1) is 16.5. The van der Waals surface area contributed by atoms with Crippen molar-refractivity contribution in [1.29, 1.82) is 0 Å². The van der Waals surface area contributed by atoms with Gasteiger partial charge in [-0.05, 0) is 12.1 Å². The predicted molar refractivity (Wildman–Crippen MR) is 87.6 cm³/mol. The first-order valence-corrected chi connectivity index (χ1v) is 7.21. The van der Waals surface area contributed by atoms with Crippen LogP contribution in [-0.4, -0.2) is 28.7 Å². The molecule has 0 aliphatic carbocycles. The summed E-state index contributed by atoms with van der Waals surface area (Å²) in [6, 6.07) is 8.63. The Morgan fingerprint density at radius 2 is 1.91 bits per heavy atom. The Labute approximate surface area is 134 Å². The molecular formula is C16H20N4O3. The van der Waals surface area contributed by atoms with Gasteiger partial charge in [-0.1, -0.05) is 26.0 Å². The molecule has 0 unspecified atom stereocenters. The van der Waals surface area contributed by atoms with E-state index in [1.54, 1.807) is 39.1 Å². The Kier molecular flexibility index (Phi) is 5.00. The van der Waals surface area contributed by atoms with Gasteiger partial charge in [0.1, 0.15) is 11.6 Å². The molecule has 0 fully saturated rings. The lowest BCUT2D eigenvalue weighted by atomic mass is 10.2. The lowest BCUT2D eigenvalue weighted by Gasteiger charge is -2.08. The van der Waals surface area contributed by atoms with Gasteiger partial charge < -0.3 is 15.4 Å². The van der Waals surface area contributed by atoms with Crippen molar-refractivity contribution in [2.24, 2.45) is 13.0 Å². The normalized spacial score (nSPS) is 10.5. The van der Waals surface area contributed by atoms with Crippen LogP contribution >= 0.6 is 0 Å². The van der Waals surface area contributed by atoms with Crippen molar-refractivity contribution in [2.45, 2.75) is 13.8 Å². The summed E-state index contributed by atoms with van der Waals surface area (Å²) in [5, 5.41) is 9.59. The lowest BCUT2D eigenvalue weighted by Crippen LogP contribution is -2.19. The zero-order valence-corrected chi connectivity index (χ0v) is 13.6. The molecule has 23 heavy (non-hydrogen) atoms. The number of anilines is 2. The maximum absolute atomic E-state index is 12.3. The zero-order chi connectivity index (χ0) is 17.0. The molecule has 2 rings (SSSR count). The van der Waals surface area contributed by atoms with Gasteiger partial charge in [-0.3, -0.25) is 14.3 Å². The number of carbonyl (C=O) groups excluding carboxylic acids is 2. The smallest absolute Gasteiger partial charge is 0.276 e. The third-order valence-corrected chi connectivity index (χ3v) is 3.24. The number of ether oxygens (including phenoxy) is 1. The molecule has 122 valence electrons. The minimum atomic E-state index is -0.379. The molecule has 0 radical (unpaired) electrons. The zero-order valence-electron chi connectivity index (χ0n) is 13.6. The molecule has 1 aromatic carbocycles. The van der Waals surface area contributed by atoms with E-state index in [-0.39, 0.29) is 23.4 Å². The highest BCUT2D eigenvalue weighted by Crippen LogP contribution is 2.23. The third-order valence-electron chi connectivity index (χ3n) is 3.24. The number of aryl methyl sites for hydroxylation is 1. The van der Waals surface area contributed by atoms with Crippen LogP contribution in [0.3, 0.4) is 0 Å². The molecule has 0 aliphatic rings. The maximum atomic E-state index is 12.3. The predicted octanol–water partition coefficient (Wildman–Crippen LogP) is 2.28. The van der Waals surface area contributed by atoms with E-state index in [0.717, 1.165) is 0 Å². The number of nitrogens with zero attached hydrogens (tertiary/aromatic N) is 2. The molecule has 2 N–H and O–H groups in total. The fraction of sp³-hybridized carbons (Fsp3) is 0.312. The summed E-state index contributed by atoms with van der Waals surface area (Å²) in [5.74, 6) is 0.356. The van der Waals surface area contributed by atoms with Crippen LogP contribution in [0.25, 0.3) is 0 Å². The van der Waals surface area contributed by atoms with Gasteiger partial charge >= 0.3 is 0 Å². The molecule has 7 nitrogen and oxygen atoms in total. The Bertz CT molecular complexity index is 722. The summed E-state index contributed by atoms with van der Waals surface area (Å²) in [7, 11) is 3.20. The summed E-state index contributed by atoms with van der Waals surface area (Å²) >= 11 is 0. The number of methoxy groups -OCH3 is 1. The number of benzene rings is 1. The molecule has 1 heterocycles. The van der Waals surface area contributed by atoms with Gasteiger partial charge in [0.2, 0.25) is 5.91 Å². The van der Waals surface area contributed by atoms with Crippen molar-refractivity contribution < 1.29 is 14.3 Å². The number of nitrogens with one attached hydrogen (secondary N) is 2. The highest BCUT2D eigenvalue weighted by Gasteiger charge is 2.16. The Balaban J connectivity index is 2.16. The Morgan fingerprint density at radius 3 is 2.57 bits per heavy atom. The molecule has 0 saturated heterocycles. The molecule has 0 spiro atoms. The van der Waals surface area contributed by atoms with Gasteiger partial charge in [0, 0.05) is 19.0 Å². The van der Waals surface area contributed by atoms with E-state index in [4.69, 9.17) is 4.74 Å². The van der Waals surface area contributed by atoms with E-state index in [1.807, 2.05) is 6.07 Å². The second-order valence-electron chi connectivity index (χ2n) is 5.34. The van der Waals surface area contributed by atoms with Crippen LogP contribution in [0.15, 0.2) is 30.3 Å². The van der Waals surface area contributed by atoms with Gasteiger partial charge in [0.15, 0.2) is 5.69 Å². The minimum Gasteiger partial charge on any atom is -0.495 e. The summed E-state index contributed by atoms with van der Waals surface area (Å²) in [6.45, 7) is 3.59. The highest BCUT2D eigenvalue weighted by molar-refractivity contribution is 6.04. The Morgan fingerprint density at radius 1 is 1.22 bits per heavy atom. The molecule has 7 heteroatoms. The van der Waals surface area contributed by atoms with Gasteiger partial charge in [-0.15, -0.1) is 0 Å². The van der Waals surface area contributed by atoms with E-state index >= 15 is 0 Å². The molecule has 0 saturated carbocycles. The van der Waals surface area contributed by atoms with Crippen LogP contribution in [0.4, 0.5) is 11.5 Å². The highest BCUT2D eigenvalue weighted by atomic mass is 16.5. The second-order valence-corrected chi connectivity index (χ2v) is 5.34. The number of hydrogen-bond donors (Lipinski definition) is 2. The topological polar surface area (TPSA) is 85.3 Å². The van der Waals surface area contributed by atoms with Crippen molar-refractivity contribution in [3.63, 3.8) is 0 Å². The molecule has 0 aliphatic heterocycles. The first-order valence-electron chi connectivity index (χ1n) is 7.21. The summed E-state index contributed by atoms with van der Waals surface area (Å²) in [6.07, 6.45) is 0. The fourth-order valence-corrected chi connectivity index (χ4v) is 1.90. The van der Waals surface area contributed by atoms with Crippen LogP contribution in [0, 0.1) is 5.92 Å². The molecule has 2 aromatic rings. The third kappa shape index (κ3) is 3.88. The SMILES string of the molecule is COc1ccccc1NC(=O)c1cc(NC(=O)C(C)C)n(C)n1. The van der Waals surface area contributed by atoms with Crippen molar-refractivity contribution in [3.05, 3.63) is 36.0 Å². The number of rotatable bonds is 5. The van der Waals surface area contributed by atoms with E-state index < -0.39 is 0 Å². The monoisotopic (exact) mass is 316 g/mol. The molecular weight excluding hydrogens is 296 g/mol. The van der Waals surface area contributed by atoms with Crippen molar-refractivity contribution in [1.82, 2.24) is 9.78 Å². The van der Waals surface area contributed by atoms with Crippen LogP contribution < -0.4 is 15.4 Å². The molecule has 0 bridgehead atoms. The van der Waals surface area contributed by atoms with Gasteiger partial charge in [-0.2, -0.15) is 5.10 Å². The number of para-hydroxylation sites is 2. The van der Waals surface area contributed by atoms with E-state index in [0.29, 0.717) is 17.3 Å². The van der Waals surface area contributed by atoms with Crippen molar-refractivity contribution in [2.75, 3.05) is 17.7 Å². The number of amides is 2.